The molecule has 0 bridgehead atoms. The number of benzene rings is 1. The molecule has 1 amide bonds. The van der Waals surface area contributed by atoms with Crippen LogP contribution in [0, 0.1) is 6.92 Å². The molecule has 1 aromatic carbocycles. The van der Waals surface area contributed by atoms with Crippen LogP contribution in [0.4, 0.5) is 11.5 Å². The molecule has 0 fully saturated rings. The summed E-state index contributed by atoms with van der Waals surface area (Å²) in [5, 5.41) is 2.82. The minimum atomic E-state index is -0.112. The van der Waals surface area contributed by atoms with Crippen LogP contribution in [-0.2, 0) is 6.42 Å². The third-order valence-electron chi connectivity index (χ3n) is 3.62. The second-order valence-electron chi connectivity index (χ2n) is 5.19. The summed E-state index contributed by atoms with van der Waals surface area (Å²) in [5.41, 5.74) is 4.21. The molecule has 102 valence electrons. The predicted octanol–water partition coefficient (Wildman–Crippen LogP) is 2.63. The highest BCUT2D eigenvalue weighted by Crippen LogP contribution is 2.27. The van der Waals surface area contributed by atoms with Gasteiger partial charge in [0.25, 0.3) is 5.91 Å². The van der Waals surface area contributed by atoms with Crippen molar-refractivity contribution in [3.63, 3.8) is 0 Å². The van der Waals surface area contributed by atoms with Gasteiger partial charge in [0.2, 0.25) is 0 Å². The lowest BCUT2D eigenvalue weighted by molar-refractivity contribution is 0.102. The Bertz CT molecular complexity index is 649. The normalized spacial score (nSPS) is 13.2. The van der Waals surface area contributed by atoms with E-state index in [1.807, 2.05) is 37.3 Å². The molecule has 0 unspecified atom stereocenters. The summed E-state index contributed by atoms with van der Waals surface area (Å²) in [6.07, 6.45) is 2.74. The van der Waals surface area contributed by atoms with Crippen molar-refractivity contribution >= 4 is 17.4 Å². The average molecular weight is 267 g/mol. The summed E-state index contributed by atoms with van der Waals surface area (Å²) in [4.78, 5) is 18.6. The van der Waals surface area contributed by atoms with Crippen molar-refractivity contribution in [1.82, 2.24) is 4.98 Å². The molecule has 1 aromatic heterocycles. The Kier molecular flexibility index (Phi) is 3.14. The van der Waals surface area contributed by atoms with Gasteiger partial charge in [-0.15, -0.1) is 0 Å². The topological polar surface area (TPSA) is 45.2 Å². The standard InChI is InChI=1S/C16H17N3O/c1-11-3-6-15(17-10-11)18-16(20)13-4-5-14-12(9-13)7-8-19(14)2/h3-6,9-10H,7-8H2,1-2H3,(H,17,18,20). The van der Waals surface area contributed by atoms with Gasteiger partial charge in [0, 0.05) is 31.0 Å². The van der Waals surface area contributed by atoms with Crippen LogP contribution < -0.4 is 10.2 Å². The van der Waals surface area contributed by atoms with Crippen molar-refractivity contribution in [3.05, 3.63) is 53.2 Å². The molecule has 1 N–H and O–H groups in total. The predicted molar refractivity (Wildman–Crippen MR) is 80.3 cm³/mol. The van der Waals surface area contributed by atoms with E-state index >= 15 is 0 Å². The minimum absolute atomic E-state index is 0.112. The maximum absolute atomic E-state index is 12.2. The molecule has 4 nitrogen and oxygen atoms in total. The number of likely N-dealkylation sites (N-methyl/N-ethyl adjacent to an activating group) is 1. The maximum atomic E-state index is 12.2. The van der Waals surface area contributed by atoms with Gasteiger partial charge in [-0.3, -0.25) is 4.79 Å². The van der Waals surface area contributed by atoms with Crippen LogP contribution in [0.2, 0.25) is 0 Å². The average Bonchev–Trinajstić information content (AvgIpc) is 2.82. The highest BCUT2D eigenvalue weighted by molar-refractivity contribution is 6.04. The third-order valence-corrected chi connectivity index (χ3v) is 3.62. The van der Waals surface area contributed by atoms with Gasteiger partial charge >= 0.3 is 0 Å². The molecular formula is C16H17N3O. The van der Waals surface area contributed by atoms with Gasteiger partial charge < -0.3 is 10.2 Å². The molecule has 0 saturated carbocycles. The number of rotatable bonds is 2. The van der Waals surface area contributed by atoms with Crippen molar-refractivity contribution in [3.8, 4) is 0 Å². The maximum Gasteiger partial charge on any atom is 0.256 e. The van der Waals surface area contributed by atoms with Crippen LogP contribution >= 0.6 is 0 Å². The number of anilines is 2. The number of carbonyl (C=O) groups is 1. The number of aryl methyl sites for hydroxylation is 1. The first-order valence-corrected chi connectivity index (χ1v) is 6.71. The van der Waals surface area contributed by atoms with Gasteiger partial charge in [-0.25, -0.2) is 4.98 Å². The number of nitrogens with zero attached hydrogens (tertiary/aromatic N) is 2. The quantitative estimate of drug-likeness (QED) is 0.909. The van der Waals surface area contributed by atoms with Crippen LogP contribution in [-0.4, -0.2) is 24.5 Å². The number of carbonyl (C=O) groups excluding carboxylic acids is 1. The van der Waals surface area contributed by atoms with Crippen LogP contribution in [0.1, 0.15) is 21.5 Å². The zero-order valence-corrected chi connectivity index (χ0v) is 11.7. The van der Waals surface area contributed by atoms with Gasteiger partial charge in [-0.1, -0.05) is 6.07 Å². The van der Waals surface area contributed by atoms with E-state index < -0.39 is 0 Å². The molecule has 3 rings (SSSR count). The molecule has 0 saturated heterocycles. The zero-order valence-electron chi connectivity index (χ0n) is 11.7. The van der Waals surface area contributed by atoms with Crippen molar-refractivity contribution in [2.75, 3.05) is 23.8 Å². The van der Waals surface area contributed by atoms with Crippen molar-refractivity contribution in [2.45, 2.75) is 13.3 Å². The highest BCUT2D eigenvalue weighted by Gasteiger charge is 2.17. The fraction of sp³-hybridized carbons (Fsp3) is 0.250. The molecule has 1 aliphatic rings. The summed E-state index contributed by atoms with van der Waals surface area (Å²) >= 11 is 0. The first kappa shape index (κ1) is 12.7. The van der Waals surface area contributed by atoms with Crippen LogP contribution in [0.5, 0.6) is 0 Å². The zero-order chi connectivity index (χ0) is 14.1. The second-order valence-corrected chi connectivity index (χ2v) is 5.19. The number of hydrogen-bond acceptors (Lipinski definition) is 3. The van der Waals surface area contributed by atoms with Crippen molar-refractivity contribution in [1.29, 1.82) is 0 Å². The SMILES string of the molecule is Cc1ccc(NC(=O)c2ccc3c(c2)CCN3C)nc1. The number of amides is 1. The van der Waals surface area contributed by atoms with E-state index in [2.05, 4.69) is 22.2 Å². The van der Waals surface area contributed by atoms with Crippen LogP contribution in [0.25, 0.3) is 0 Å². The molecule has 4 heteroatoms. The largest absolute Gasteiger partial charge is 0.374 e. The minimum Gasteiger partial charge on any atom is -0.374 e. The molecule has 2 aromatic rings. The monoisotopic (exact) mass is 267 g/mol. The molecule has 0 atom stereocenters. The van der Waals surface area contributed by atoms with Gasteiger partial charge in [-0.05, 0) is 48.7 Å². The van der Waals surface area contributed by atoms with Crippen molar-refractivity contribution in [2.24, 2.45) is 0 Å². The van der Waals surface area contributed by atoms with E-state index in [1.54, 1.807) is 6.20 Å². The third kappa shape index (κ3) is 2.37. The van der Waals surface area contributed by atoms with Crippen molar-refractivity contribution < 1.29 is 4.79 Å². The molecule has 0 radical (unpaired) electrons. The van der Waals surface area contributed by atoms with E-state index in [0.29, 0.717) is 11.4 Å². The fourth-order valence-corrected chi connectivity index (χ4v) is 2.44. The number of nitrogens with one attached hydrogen (secondary N) is 1. The lowest BCUT2D eigenvalue weighted by atomic mass is 10.1. The lowest BCUT2D eigenvalue weighted by Gasteiger charge is -2.12. The Morgan fingerprint density at radius 1 is 1.30 bits per heavy atom. The van der Waals surface area contributed by atoms with Gasteiger partial charge in [0.15, 0.2) is 0 Å². The molecule has 2 heterocycles. The number of fused-ring (bicyclic) bond motifs is 1. The molecule has 1 aliphatic heterocycles. The van der Waals surface area contributed by atoms with E-state index in [9.17, 15) is 4.79 Å². The summed E-state index contributed by atoms with van der Waals surface area (Å²) < 4.78 is 0. The van der Waals surface area contributed by atoms with Crippen LogP contribution in [0.3, 0.4) is 0 Å². The fourth-order valence-electron chi connectivity index (χ4n) is 2.44. The Morgan fingerprint density at radius 2 is 2.15 bits per heavy atom. The molecule has 20 heavy (non-hydrogen) atoms. The Balaban J connectivity index is 1.79. The molecular weight excluding hydrogens is 250 g/mol. The number of hydrogen-bond donors (Lipinski definition) is 1. The van der Waals surface area contributed by atoms with Gasteiger partial charge in [0.05, 0.1) is 0 Å². The van der Waals surface area contributed by atoms with E-state index in [1.165, 1.54) is 11.3 Å². The van der Waals surface area contributed by atoms with E-state index in [0.717, 1.165) is 18.5 Å². The summed E-state index contributed by atoms with van der Waals surface area (Å²) in [6, 6.07) is 9.60. The van der Waals surface area contributed by atoms with Gasteiger partial charge in [-0.2, -0.15) is 0 Å². The molecule has 0 aliphatic carbocycles. The Labute approximate surface area is 118 Å². The van der Waals surface area contributed by atoms with Gasteiger partial charge in [0.1, 0.15) is 5.82 Å². The smallest absolute Gasteiger partial charge is 0.256 e. The number of pyridine rings is 1. The number of aromatic nitrogens is 1. The first-order chi connectivity index (χ1) is 9.63. The molecule has 0 spiro atoms. The van der Waals surface area contributed by atoms with E-state index in [4.69, 9.17) is 0 Å². The Morgan fingerprint density at radius 3 is 2.90 bits per heavy atom. The highest BCUT2D eigenvalue weighted by atomic mass is 16.1. The summed E-state index contributed by atoms with van der Waals surface area (Å²) in [5.74, 6) is 0.469. The Hall–Kier alpha value is -2.36. The van der Waals surface area contributed by atoms with Crippen LogP contribution in [0.15, 0.2) is 36.5 Å². The first-order valence-electron chi connectivity index (χ1n) is 6.71. The lowest BCUT2D eigenvalue weighted by Crippen LogP contribution is -2.14. The van der Waals surface area contributed by atoms with E-state index in [-0.39, 0.29) is 5.91 Å². The second kappa shape index (κ2) is 4.96. The summed E-state index contributed by atoms with van der Waals surface area (Å²) in [7, 11) is 2.07. The summed E-state index contributed by atoms with van der Waals surface area (Å²) in [6.45, 7) is 2.98.